The van der Waals surface area contributed by atoms with E-state index in [2.05, 4.69) is 4.72 Å². The molecule has 1 heterocycles. The van der Waals surface area contributed by atoms with Gasteiger partial charge in [-0.05, 0) is 36.8 Å². The average molecular weight is 306 g/mol. The largest absolute Gasteiger partial charge is 0.454 e. The first kappa shape index (κ1) is 13.6. The Morgan fingerprint density at radius 3 is 2.62 bits per heavy atom. The van der Waals surface area contributed by atoms with Crippen LogP contribution in [0.15, 0.2) is 41.3 Å². The lowest BCUT2D eigenvalue weighted by molar-refractivity contribution is 0.174. The van der Waals surface area contributed by atoms with Crippen LogP contribution in [0.2, 0.25) is 0 Å². The number of aryl methyl sites for hydroxylation is 1. The van der Waals surface area contributed by atoms with Gasteiger partial charge in [0, 0.05) is 11.8 Å². The van der Waals surface area contributed by atoms with E-state index < -0.39 is 10.0 Å². The maximum absolute atomic E-state index is 12.3. The van der Waals surface area contributed by atoms with E-state index in [1.807, 2.05) is 6.92 Å². The third-order valence-corrected chi connectivity index (χ3v) is 4.56. The highest BCUT2D eigenvalue weighted by molar-refractivity contribution is 7.92. The number of sulfonamides is 1. The molecule has 1 aliphatic heterocycles. The van der Waals surface area contributed by atoms with Crippen LogP contribution >= 0.6 is 0 Å². The van der Waals surface area contributed by atoms with Gasteiger partial charge in [0.2, 0.25) is 6.79 Å². The number of nitrogens with one attached hydrogen (secondary N) is 1. The SMILES string of the molecule is Cc1ccc(NS(=O)(=O)c2ccc3c(c2)OCO3)cc1N. The molecule has 0 aromatic heterocycles. The second-order valence-corrected chi connectivity index (χ2v) is 6.37. The summed E-state index contributed by atoms with van der Waals surface area (Å²) < 4.78 is 37.5. The summed E-state index contributed by atoms with van der Waals surface area (Å²) in [6.45, 7) is 1.95. The molecule has 3 rings (SSSR count). The van der Waals surface area contributed by atoms with Crippen LogP contribution < -0.4 is 19.9 Å². The minimum Gasteiger partial charge on any atom is -0.454 e. The quantitative estimate of drug-likeness (QED) is 0.848. The predicted molar refractivity (Wildman–Crippen MR) is 79.0 cm³/mol. The fourth-order valence-electron chi connectivity index (χ4n) is 1.96. The molecular formula is C14H14N2O4S. The van der Waals surface area contributed by atoms with Crippen molar-refractivity contribution in [3.63, 3.8) is 0 Å². The monoisotopic (exact) mass is 306 g/mol. The molecule has 0 unspecified atom stereocenters. The maximum atomic E-state index is 12.3. The molecule has 21 heavy (non-hydrogen) atoms. The lowest BCUT2D eigenvalue weighted by Crippen LogP contribution is -2.13. The van der Waals surface area contributed by atoms with Gasteiger partial charge in [0.15, 0.2) is 11.5 Å². The molecule has 0 atom stereocenters. The van der Waals surface area contributed by atoms with Crippen LogP contribution in [0.1, 0.15) is 5.56 Å². The van der Waals surface area contributed by atoms with Crippen molar-refractivity contribution in [2.75, 3.05) is 17.2 Å². The summed E-state index contributed by atoms with van der Waals surface area (Å²) in [5.74, 6) is 0.954. The second-order valence-electron chi connectivity index (χ2n) is 4.69. The number of benzene rings is 2. The van der Waals surface area contributed by atoms with E-state index >= 15 is 0 Å². The number of hydrogen-bond donors (Lipinski definition) is 2. The highest BCUT2D eigenvalue weighted by Gasteiger charge is 2.20. The molecule has 0 saturated carbocycles. The molecule has 2 aromatic rings. The van der Waals surface area contributed by atoms with Gasteiger partial charge >= 0.3 is 0 Å². The first-order valence-electron chi connectivity index (χ1n) is 6.24. The van der Waals surface area contributed by atoms with Crippen molar-refractivity contribution < 1.29 is 17.9 Å². The van der Waals surface area contributed by atoms with Crippen molar-refractivity contribution in [2.24, 2.45) is 0 Å². The zero-order valence-electron chi connectivity index (χ0n) is 11.3. The van der Waals surface area contributed by atoms with Gasteiger partial charge in [-0.15, -0.1) is 0 Å². The molecule has 6 nitrogen and oxygen atoms in total. The second kappa shape index (κ2) is 4.85. The number of rotatable bonds is 3. The van der Waals surface area contributed by atoms with Crippen molar-refractivity contribution in [2.45, 2.75) is 11.8 Å². The number of fused-ring (bicyclic) bond motifs is 1. The Labute approximate surface area is 122 Å². The van der Waals surface area contributed by atoms with Crippen molar-refractivity contribution in [1.82, 2.24) is 0 Å². The number of anilines is 2. The molecule has 7 heteroatoms. The van der Waals surface area contributed by atoms with E-state index in [4.69, 9.17) is 15.2 Å². The van der Waals surface area contributed by atoms with Gasteiger partial charge < -0.3 is 15.2 Å². The average Bonchev–Trinajstić information content (AvgIpc) is 2.90. The predicted octanol–water partition coefficient (Wildman–Crippen LogP) is 2.11. The fourth-order valence-corrected chi connectivity index (χ4v) is 3.03. The molecule has 0 radical (unpaired) electrons. The van der Waals surface area contributed by atoms with Crippen molar-refractivity contribution in [3.8, 4) is 11.5 Å². The minimum atomic E-state index is -3.71. The van der Waals surface area contributed by atoms with E-state index in [0.717, 1.165) is 5.56 Å². The van der Waals surface area contributed by atoms with E-state index in [0.29, 0.717) is 22.9 Å². The van der Waals surface area contributed by atoms with E-state index in [9.17, 15) is 8.42 Å². The summed E-state index contributed by atoms with van der Waals surface area (Å²) in [6, 6.07) is 9.47. The third kappa shape index (κ3) is 2.59. The fraction of sp³-hybridized carbons (Fsp3) is 0.143. The Morgan fingerprint density at radius 2 is 1.86 bits per heavy atom. The number of ether oxygens (including phenoxy) is 2. The first-order valence-corrected chi connectivity index (χ1v) is 7.73. The Bertz CT molecular complexity index is 803. The Hall–Kier alpha value is -2.41. The third-order valence-electron chi connectivity index (χ3n) is 3.19. The van der Waals surface area contributed by atoms with Gasteiger partial charge in [0.05, 0.1) is 10.6 Å². The molecule has 0 saturated heterocycles. The summed E-state index contributed by atoms with van der Waals surface area (Å²) in [5.41, 5.74) is 7.61. The molecule has 0 spiro atoms. The lowest BCUT2D eigenvalue weighted by Gasteiger charge is -2.10. The molecule has 0 bridgehead atoms. The standard InChI is InChI=1S/C14H14N2O4S/c1-9-2-3-10(6-12(9)15)16-21(17,18)11-4-5-13-14(7-11)20-8-19-13/h2-7,16H,8,15H2,1H3. The molecular weight excluding hydrogens is 292 g/mol. The number of nitrogens with two attached hydrogens (primary N) is 1. The normalized spacial score (nSPS) is 13.2. The highest BCUT2D eigenvalue weighted by Crippen LogP contribution is 2.34. The van der Waals surface area contributed by atoms with Crippen LogP contribution in [-0.2, 0) is 10.0 Å². The van der Waals surface area contributed by atoms with Crippen molar-refractivity contribution >= 4 is 21.4 Å². The van der Waals surface area contributed by atoms with Crippen LogP contribution in [-0.4, -0.2) is 15.2 Å². The Kier molecular flexibility index (Phi) is 3.13. The molecule has 0 aliphatic carbocycles. The van der Waals surface area contributed by atoms with Crippen LogP contribution in [0.4, 0.5) is 11.4 Å². The zero-order valence-corrected chi connectivity index (χ0v) is 12.1. The number of nitrogen functional groups attached to an aromatic ring is 1. The van der Waals surface area contributed by atoms with Gasteiger partial charge in [-0.2, -0.15) is 0 Å². The lowest BCUT2D eigenvalue weighted by atomic mass is 10.2. The van der Waals surface area contributed by atoms with Crippen LogP contribution in [0.5, 0.6) is 11.5 Å². The smallest absolute Gasteiger partial charge is 0.262 e. The van der Waals surface area contributed by atoms with Crippen molar-refractivity contribution in [3.05, 3.63) is 42.0 Å². The molecule has 2 aromatic carbocycles. The molecule has 110 valence electrons. The zero-order chi connectivity index (χ0) is 15.0. The van der Waals surface area contributed by atoms with Crippen LogP contribution in [0.3, 0.4) is 0 Å². The topological polar surface area (TPSA) is 90.7 Å². The first-order chi connectivity index (χ1) is 9.95. The summed E-state index contributed by atoms with van der Waals surface area (Å²) in [4.78, 5) is 0.103. The van der Waals surface area contributed by atoms with Gasteiger partial charge in [-0.1, -0.05) is 6.07 Å². The van der Waals surface area contributed by atoms with Gasteiger partial charge in [-0.25, -0.2) is 8.42 Å². The summed E-state index contributed by atoms with van der Waals surface area (Å²) >= 11 is 0. The van der Waals surface area contributed by atoms with Gasteiger partial charge in [0.25, 0.3) is 10.0 Å². The highest BCUT2D eigenvalue weighted by atomic mass is 32.2. The summed E-state index contributed by atoms with van der Waals surface area (Å²) in [7, 11) is -3.71. The number of hydrogen-bond acceptors (Lipinski definition) is 5. The summed E-state index contributed by atoms with van der Waals surface area (Å²) in [5, 5.41) is 0. The molecule has 1 aliphatic rings. The van der Waals surface area contributed by atoms with E-state index in [1.165, 1.54) is 12.1 Å². The van der Waals surface area contributed by atoms with Crippen molar-refractivity contribution in [1.29, 1.82) is 0 Å². The summed E-state index contributed by atoms with van der Waals surface area (Å²) in [6.07, 6.45) is 0. The van der Waals surface area contributed by atoms with Gasteiger partial charge in [-0.3, -0.25) is 4.72 Å². The van der Waals surface area contributed by atoms with Crippen LogP contribution in [0.25, 0.3) is 0 Å². The molecule has 0 amide bonds. The maximum Gasteiger partial charge on any atom is 0.262 e. The van der Waals surface area contributed by atoms with Gasteiger partial charge in [0.1, 0.15) is 0 Å². The Morgan fingerprint density at radius 1 is 1.10 bits per heavy atom. The molecule has 0 fully saturated rings. The van der Waals surface area contributed by atoms with Crippen LogP contribution in [0, 0.1) is 6.92 Å². The Balaban J connectivity index is 1.91. The molecule has 3 N–H and O–H groups in total. The minimum absolute atomic E-state index is 0.0980. The van der Waals surface area contributed by atoms with E-state index in [1.54, 1.807) is 24.3 Å². The van der Waals surface area contributed by atoms with E-state index in [-0.39, 0.29) is 11.7 Å².